The number of nitrogens with zero attached hydrogens (tertiary/aromatic N) is 2. The zero-order valence-electron chi connectivity index (χ0n) is 15.2. The molecule has 1 aromatic rings. The average molecular weight is 424 g/mol. The molecular weight excluding hydrogens is 406 g/mol. The number of carbonyl (C=O) groups is 2. The highest BCUT2D eigenvalue weighted by Gasteiger charge is 2.25. The third kappa shape index (κ3) is 4.60. The number of amides is 1. The lowest BCUT2D eigenvalue weighted by molar-refractivity contribution is -0.143. The Hall–Kier alpha value is -2.65. The highest BCUT2D eigenvalue weighted by molar-refractivity contribution is 7.90. The minimum absolute atomic E-state index is 0.137. The van der Waals surface area contributed by atoms with Gasteiger partial charge in [0.05, 0.1) is 22.0 Å². The predicted octanol–water partition coefficient (Wildman–Crippen LogP) is 1.94. The van der Waals surface area contributed by atoms with Crippen LogP contribution >= 0.6 is 11.6 Å². The minimum Gasteiger partial charge on any atom is -0.452 e. The first-order valence-corrected chi connectivity index (χ1v) is 10.4. The molecule has 0 bridgehead atoms. The highest BCUT2D eigenvalue weighted by Crippen LogP contribution is 2.27. The van der Waals surface area contributed by atoms with Crippen LogP contribution in [0, 0.1) is 13.8 Å². The molecule has 0 radical (unpaired) electrons. The van der Waals surface area contributed by atoms with E-state index in [1.165, 1.54) is 18.4 Å². The summed E-state index contributed by atoms with van der Waals surface area (Å²) in [6.07, 6.45) is 4.27. The second-order valence-electron chi connectivity index (χ2n) is 6.41. The predicted molar refractivity (Wildman–Crippen MR) is 106 cm³/mol. The molecule has 1 N–H and O–H groups in total. The lowest BCUT2D eigenvalue weighted by atomic mass is 10.1. The number of ether oxygens (including phenoxy) is 1. The summed E-state index contributed by atoms with van der Waals surface area (Å²) in [5.74, 6) is -1.12. The zero-order valence-corrected chi connectivity index (χ0v) is 16.8. The van der Waals surface area contributed by atoms with Crippen molar-refractivity contribution in [2.75, 3.05) is 24.2 Å². The van der Waals surface area contributed by atoms with Crippen LogP contribution in [0.25, 0.3) is 0 Å². The van der Waals surface area contributed by atoms with Crippen molar-refractivity contribution in [2.24, 2.45) is 4.40 Å². The molecule has 0 saturated carbocycles. The van der Waals surface area contributed by atoms with Crippen LogP contribution in [0.2, 0.25) is 5.02 Å². The molecule has 10 heteroatoms. The standard InChI is InChI=1S/C18H18ClN3O5S/c1-11-7-12(2)17(14(19)8-11)20-16(23)10-27-18(24)13-3-4-15-21-28(25,26)6-5-22(15)9-13/h3-4,7-9H,5-6,10H2,1-2H3,(H,20,23). The normalized spacial score (nSPS) is 17.3. The number of carbonyl (C=O) groups excluding carboxylic acids is 2. The van der Waals surface area contributed by atoms with Gasteiger partial charge >= 0.3 is 5.97 Å². The van der Waals surface area contributed by atoms with E-state index in [0.29, 0.717) is 10.7 Å². The van der Waals surface area contributed by atoms with Crippen LogP contribution < -0.4 is 5.32 Å². The van der Waals surface area contributed by atoms with E-state index < -0.39 is 28.5 Å². The van der Waals surface area contributed by atoms with Crippen molar-refractivity contribution in [3.63, 3.8) is 0 Å². The second-order valence-corrected chi connectivity index (χ2v) is 8.57. The molecule has 8 nitrogen and oxygen atoms in total. The maximum Gasteiger partial charge on any atom is 0.340 e. The van der Waals surface area contributed by atoms with Crippen LogP contribution in [0.3, 0.4) is 0 Å². The number of halogens is 1. The third-order valence-corrected chi connectivity index (χ3v) is 5.55. The van der Waals surface area contributed by atoms with E-state index in [1.807, 2.05) is 19.9 Å². The van der Waals surface area contributed by atoms with Gasteiger partial charge < -0.3 is 15.0 Å². The summed E-state index contributed by atoms with van der Waals surface area (Å²) in [6.45, 7) is 3.42. The van der Waals surface area contributed by atoms with Crippen molar-refractivity contribution >= 4 is 45.0 Å². The Labute approximate surface area is 167 Å². The monoisotopic (exact) mass is 423 g/mol. The van der Waals surface area contributed by atoms with E-state index in [4.69, 9.17) is 16.3 Å². The molecule has 0 fully saturated rings. The van der Waals surface area contributed by atoms with Crippen molar-refractivity contribution in [3.8, 4) is 0 Å². The van der Waals surface area contributed by atoms with Gasteiger partial charge in [-0.25, -0.2) is 13.2 Å². The van der Waals surface area contributed by atoms with E-state index in [0.717, 1.165) is 11.1 Å². The molecule has 1 amide bonds. The Morgan fingerprint density at radius 2 is 2.04 bits per heavy atom. The van der Waals surface area contributed by atoms with Crippen molar-refractivity contribution in [1.82, 2.24) is 4.90 Å². The van der Waals surface area contributed by atoms with Gasteiger partial charge in [0, 0.05) is 12.7 Å². The Kier molecular flexibility index (Phi) is 5.57. The van der Waals surface area contributed by atoms with E-state index in [9.17, 15) is 18.0 Å². The zero-order chi connectivity index (χ0) is 20.5. The van der Waals surface area contributed by atoms with Gasteiger partial charge in [-0.1, -0.05) is 17.7 Å². The second kappa shape index (κ2) is 7.76. The van der Waals surface area contributed by atoms with Crippen LogP contribution in [-0.2, 0) is 24.3 Å². The quantitative estimate of drug-likeness (QED) is 0.742. The largest absolute Gasteiger partial charge is 0.452 e. The molecule has 0 unspecified atom stereocenters. The maximum atomic E-state index is 12.2. The fourth-order valence-electron chi connectivity index (χ4n) is 2.79. The average Bonchev–Trinajstić information content (AvgIpc) is 2.61. The molecular formula is C18H18ClN3O5S. The lowest BCUT2D eigenvalue weighted by Gasteiger charge is -2.26. The van der Waals surface area contributed by atoms with Gasteiger partial charge in [0.15, 0.2) is 6.61 Å². The van der Waals surface area contributed by atoms with Gasteiger partial charge in [0.25, 0.3) is 15.9 Å². The maximum absolute atomic E-state index is 12.2. The number of amidine groups is 1. The molecule has 0 saturated heterocycles. The summed E-state index contributed by atoms with van der Waals surface area (Å²) in [5, 5.41) is 3.04. The van der Waals surface area contributed by atoms with Crippen molar-refractivity contribution in [3.05, 3.63) is 52.2 Å². The molecule has 2 heterocycles. The molecule has 0 aliphatic carbocycles. The number of esters is 1. The van der Waals surface area contributed by atoms with Gasteiger partial charge in [-0.3, -0.25) is 4.79 Å². The molecule has 2 aliphatic heterocycles. The van der Waals surface area contributed by atoms with Crippen LogP contribution in [0.4, 0.5) is 5.69 Å². The Balaban J connectivity index is 1.60. The van der Waals surface area contributed by atoms with E-state index >= 15 is 0 Å². The van der Waals surface area contributed by atoms with Crippen molar-refractivity contribution in [1.29, 1.82) is 0 Å². The number of rotatable bonds is 4. The third-order valence-electron chi connectivity index (χ3n) is 4.09. The summed E-state index contributed by atoms with van der Waals surface area (Å²) >= 11 is 6.15. The first kappa shape index (κ1) is 20.1. The number of fused-ring (bicyclic) bond motifs is 1. The first-order valence-electron chi connectivity index (χ1n) is 8.37. The lowest BCUT2D eigenvalue weighted by Crippen LogP contribution is -2.37. The number of aryl methyl sites for hydroxylation is 2. The number of hydrogen-bond acceptors (Lipinski definition) is 6. The smallest absolute Gasteiger partial charge is 0.340 e. The van der Waals surface area contributed by atoms with E-state index in [-0.39, 0.29) is 23.7 Å². The summed E-state index contributed by atoms with van der Waals surface area (Å²) in [7, 11) is -3.47. The number of benzene rings is 1. The summed E-state index contributed by atoms with van der Waals surface area (Å²) in [4.78, 5) is 25.9. The van der Waals surface area contributed by atoms with Crippen LogP contribution in [0.5, 0.6) is 0 Å². The molecule has 0 atom stereocenters. The molecule has 1 aromatic carbocycles. The number of hydrogen-bond donors (Lipinski definition) is 1. The van der Waals surface area contributed by atoms with Crippen LogP contribution in [0.1, 0.15) is 11.1 Å². The van der Waals surface area contributed by atoms with Crippen molar-refractivity contribution in [2.45, 2.75) is 13.8 Å². The topological polar surface area (TPSA) is 105 Å². The Morgan fingerprint density at radius 3 is 2.75 bits per heavy atom. The Morgan fingerprint density at radius 1 is 1.29 bits per heavy atom. The summed E-state index contributed by atoms with van der Waals surface area (Å²) in [5.41, 5.74) is 2.43. The number of nitrogens with one attached hydrogen (secondary N) is 1. The molecule has 2 aliphatic rings. The first-order chi connectivity index (χ1) is 13.1. The Bertz CT molecular complexity index is 1020. The van der Waals surface area contributed by atoms with Gasteiger partial charge in [-0.05, 0) is 43.2 Å². The van der Waals surface area contributed by atoms with Crippen LogP contribution in [-0.4, -0.2) is 49.9 Å². The fraction of sp³-hybridized carbons (Fsp3) is 0.278. The van der Waals surface area contributed by atoms with Gasteiger partial charge in [-0.2, -0.15) is 0 Å². The van der Waals surface area contributed by atoms with E-state index in [2.05, 4.69) is 9.71 Å². The van der Waals surface area contributed by atoms with E-state index in [1.54, 1.807) is 11.0 Å². The van der Waals surface area contributed by atoms with Crippen molar-refractivity contribution < 1.29 is 22.7 Å². The number of sulfonamides is 1. The molecule has 0 aromatic heterocycles. The molecule has 28 heavy (non-hydrogen) atoms. The molecule has 148 valence electrons. The molecule has 0 spiro atoms. The minimum atomic E-state index is -3.47. The summed E-state index contributed by atoms with van der Waals surface area (Å²) in [6, 6.07) is 3.61. The van der Waals surface area contributed by atoms with Gasteiger partial charge in [-0.15, -0.1) is 4.40 Å². The van der Waals surface area contributed by atoms with Gasteiger partial charge in [0.2, 0.25) is 0 Å². The summed E-state index contributed by atoms with van der Waals surface area (Å²) < 4.78 is 31.7. The highest BCUT2D eigenvalue weighted by atomic mass is 35.5. The fourth-order valence-corrected chi connectivity index (χ4v) is 4.12. The molecule has 3 rings (SSSR count). The SMILES string of the molecule is Cc1cc(C)c(NC(=O)COC(=O)C2=CN3CCS(=O)(=O)N=C3C=C2)c(Cl)c1. The van der Waals surface area contributed by atoms with Crippen LogP contribution in [0.15, 0.2) is 40.5 Å². The number of anilines is 1. The van der Waals surface area contributed by atoms with Gasteiger partial charge in [0.1, 0.15) is 5.84 Å².